The van der Waals surface area contributed by atoms with Crippen LogP contribution in [0.4, 0.5) is 5.13 Å². The van der Waals surface area contributed by atoms with Gasteiger partial charge in [0.2, 0.25) is 11.0 Å². The minimum Gasteiger partial charge on any atom is -0.356 e. The predicted octanol–water partition coefficient (Wildman–Crippen LogP) is 3.37. The summed E-state index contributed by atoms with van der Waals surface area (Å²) in [7, 11) is 0. The van der Waals surface area contributed by atoms with E-state index in [9.17, 15) is 4.79 Å². The zero-order valence-electron chi connectivity index (χ0n) is 13.3. The lowest BCUT2D eigenvalue weighted by Gasteiger charge is -1.99. The first-order valence-corrected chi connectivity index (χ1v) is 8.30. The Kier molecular flexibility index (Phi) is 4.38. The van der Waals surface area contributed by atoms with E-state index in [-0.39, 0.29) is 12.3 Å². The van der Waals surface area contributed by atoms with Crippen molar-refractivity contribution in [2.75, 3.05) is 5.32 Å². The molecule has 0 aliphatic heterocycles. The number of fused-ring (bicyclic) bond motifs is 1. The predicted molar refractivity (Wildman–Crippen MR) is 89.5 cm³/mol. The van der Waals surface area contributed by atoms with Crippen LogP contribution in [0.5, 0.6) is 0 Å². The van der Waals surface area contributed by atoms with Crippen molar-refractivity contribution in [3.05, 3.63) is 34.5 Å². The molecule has 0 unspecified atom stereocenters. The molecule has 7 heteroatoms. The molecule has 0 saturated carbocycles. The number of nitrogens with one attached hydrogen (secondary N) is 1. The molecule has 0 fully saturated rings. The van der Waals surface area contributed by atoms with Crippen LogP contribution in [0, 0.1) is 12.8 Å². The van der Waals surface area contributed by atoms with Crippen molar-refractivity contribution in [2.45, 2.75) is 33.6 Å². The van der Waals surface area contributed by atoms with Gasteiger partial charge in [0.05, 0.1) is 6.42 Å². The van der Waals surface area contributed by atoms with Gasteiger partial charge < -0.3 is 9.84 Å². The van der Waals surface area contributed by atoms with Gasteiger partial charge in [-0.3, -0.25) is 4.79 Å². The largest absolute Gasteiger partial charge is 0.356 e. The smallest absolute Gasteiger partial charge is 0.232 e. The summed E-state index contributed by atoms with van der Waals surface area (Å²) in [6.45, 7) is 6.24. The monoisotopic (exact) mass is 330 g/mol. The first-order valence-electron chi connectivity index (χ1n) is 7.48. The van der Waals surface area contributed by atoms with Gasteiger partial charge in [0, 0.05) is 11.8 Å². The molecule has 0 spiro atoms. The molecule has 6 nitrogen and oxygen atoms in total. The fraction of sp³-hybridized carbons (Fsp3) is 0.375. The van der Waals surface area contributed by atoms with Crippen LogP contribution in [0.15, 0.2) is 22.7 Å². The molecule has 1 aromatic carbocycles. The zero-order valence-corrected chi connectivity index (χ0v) is 14.1. The van der Waals surface area contributed by atoms with E-state index in [0.717, 1.165) is 22.4 Å². The number of anilines is 1. The molecule has 3 rings (SSSR count). The van der Waals surface area contributed by atoms with Gasteiger partial charge in [0.1, 0.15) is 10.7 Å². The first-order chi connectivity index (χ1) is 11.0. The maximum Gasteiger partial charge on any atom is 0.232 e. The molecular weight excluding hydrogens is 312 g/mol. The van der Waals surface area contributed by atoms with Gasteiger partial charge >= 0.3 is 0 Å². The molecule has 120 valence electrons. The molecule has 2 heterocycles. The number of aryl methyl sites for hydroxylation is 1. The Morgan fingerprint density at radius 2 is 2.17 bits per heavy atom. The molecule has 0 bridgehead atoms. The molecule has 2 aromatic heterocycles. The third kappa shape index (κ3) is 3.73. The van der Waals surface area contributed by atoms with Crippen molar-refractivity contribution < 1.29 is 9.32 Å². The second kappa shape index (κ2) is 6.45. The van der Waals surface area contributed by atoms with E-state index in [1.165, 1.54) is 11.3 Å². The SMILES string of the molecule is Cc1ccc2onc(CC(=O)Nc3nnc(CC(C)C)s3)c2c1. The van der Waals surface area contributed by atoms with Gasteiger partial charge in [-0.1, -0.05) is 42.0 Å². The van der Waals surface area contributed by atoms with E-state index in [4.69, 9.17) is 4.52 Å². The van der Waals surface area contributed by atoms with Crippen LogP contribution in [0.1, 0.15) is 30.1 Å². The molecule has 0 saturated heterocycles. The molecule has 0 aliphatic rings. The van der Waals surface area contributed by atoms with Crippen molar-refractivity contribution in [3.8, 4) is 0 Å². The number of benzene rings is 1. The minimum absolute atomic E-state index is 0.148. The normalized spacial score (nSPS) is 11.3. The highest BCUT2D eigenvalue weighted by Gasteiger charge is 2.14. The summed E-state index contributed by atoms with van der Waals surface area (Å²) in [5, 5.41) is 17.2. The highest BCUT2D eigenvalue weighted by Crippen LogP contribution is 2.22. The second-order valence-corrected chi connectivity index (χ2v) is 7.01. The zero-order chi connectivity index (χ0) is 16.4. The molecule has 1 amide bonds. The van der Waals surface area contributed by atoms with E-state index in [1.807, 2.05) is 25.1 Å². The summed E-state index contributed by atoms with van der Waals surface area (Å²) in [5.41, 5.74) is 2.42. The molecule has 0 aliphatic carbocycles. The van der Waals surface area contributed by atoms with Crippen LogP contribution in [0.25, 0.3) is 11.0 Å². The van der Waals surface area contributed by atoms with Crippen LogP contribution in [-0.4, -0.2) is 21.3 Å². The Bertz CT molecular complexity index is 838. The number of rotatable bonds is 5. The molecule has 3 aromatic rings. The quantitative estimate of drug-likeness (QED) is 0.776. The third-order valence-electron chi connectivity index (χ3n) is 3.32. The van der Waals surface area contributed by atoms with Gasteiger partial charge in [-0.15, -0.1) is 10.2 Å². The molecule has 0 atom stereocenters. The summed E-state index contributed by atoms with van der Waals surface area (Å²) in [6, 6.07) is 5.79. The lowest BCUT2D eigenvalue weighted by molar-refractivity contribution is -0.115. The van der Waals surface area contributed by atoms with E-state index in [0.29, 0.717) is 22.3 Å². The topological polar surface area (TPSA) is 80.9 Å². The van der Waals surface area contributed by atoms with E-state index >= 15 is 0 Å². The van der Waals surface area contributed by atoms with Gasteiger partial charge in [-0.2, -0.15) is 0 Å². The summed E-state index contributed by atoms with van der Waals surface area (Å²) < 4.78 is 5.25. The molecule has 0 radical (unpaired) electrons. The number of carbonyl (C=O) groups excluding carboxylic acids is 1. The van der Waals surface area contributed by atoms with Gasteiger partial charge in [-0.05, 0) is 25.0 Å². The standard InChI is InChI=1S/C16H18N4O2S/c1-9(2)6-15-18-19-16(23-15)17-14(21)8-12-11-7-10(3)4-5-13(11)22-20-12/h4-5,7,9H,6,8H2,1-3H3,(H,17,19,21). The number of aromatic nitrogens is 3. The molecule has 23 heavy (non-hydrogen) atoms. The van der Waals surface area contributed by atoms with Crippen LogP contribution in [-0.2, 0) is 17.6 Å². The van der Waals surface area contributed by atoms with Gasteiger partial charge in [0.25, 0.3) is 0 Å². The van der Waals surface area contributed by atoms with Crippen LogP contribution >= 0.6 is 11.3 Å². The van der Waals surface area contributed by atoms with Crippen LogP contribution < -0.4 is 5.32 Å². The lowest BCUT2D eigenvalue weighted by Crippen LogP contribution is -2.14. The van der Waals surface area contributed by atoms with Crippen molar-refractivity contribution in [2.24, 2.45) is 5.92 Å². The average molecular weight is 330 g/mol. The third-order valence-corrected chi connectivity index (χ3v) is 4.19. The number of hydrogen-bond acceptors (Lipinski definition) is 6. The second-order valence-electron chi connectivity index (χ2n) is 5.95. The van der Waals surface area contributed by atoms with E-state index < -0.39 is 0 Å². The number of amides is 1. The summed E-state index contributed by atoms with van der Waals surface area (Å²) in [4.78, 5) is 12.2. The van der Waals surface area contributed by atoms with Crippen molar-refractivity contribution in [1.29, 1.82) is 0 Å². The van der Waals surface area contributed by atoms with E-state index in [1.54, 1.807) is 0 Å². The van der Waals surface area contributed by atoms with Crippen LogP contribution in [0.2, 0.25) is 0 Å². The Hall–Kier alpha value is -2.28. The molecular formula is C16H18N4O2S. The molecule has 1 N–H and O–H groups in total. The van der Waals surface area contributed by atoms with Gasteiger partial charge in [-0.25, -0.2) is 0 Å². The maximum atomic E-state index is 12.2. The lowest BCUT2D eigenvalue weighted by atomic mass is 10.1. The van der Waals surface area contributed by atoms with Crippen molar-refractivity contribution in [1.82, 2.24) is 15.4 Å². The maximum absolute atomic E-state index is 12.2. The number of hydrogen-bond donors (Lipinski definition) is 1. The van der Waals surface area contributed by atoms with E-state index in [2.05, 4.69) is 34.5 Å². The highest BCUT2D eigenvalue weighted by atomic mass is 32.1. The highest BCUT2D eigenvalue weighted by molar-refractivity contribution is 7.15. The van der Waals surface area contributed by atoms with Gasteiger partial charge in [0.15, 0.2) is 5.58 Å². The fourth-order valence-corrected chi connectivity index (χ4v) is 3.25. The Balaban J connectivity index is 1.69. The Labute approximate surface area is 137 Å². The minimum atomic E-state index is -0.172. The summed E-state index contributed by atoms with van der Waals surface area (Å²) in [5.74, 6) is 0.338. The van der Waals surface area contributed by atoms with Crippen LogP contribution in [0.3, 0.4) is 0 Å². The van der Waals surface area contributed by atoms with Crippen molar-refractivity contribution >= 4 is 33.3 Å². The number of carbonyl (C=O) groups is 1. The summed E-state index contributed by atoms with van der Waals surface area (Å²) in [6.07, 6.45) is 1.01. The Morgan fingerprint density at radius 1 is 1.35 bits per heavy atom. The summed E-state index contributed by atoms with van der Waals surface area (Å²) >= 11 is 1.41. The first kappa shape index (κ1) is 15.6. The number of nitrogens with zero attached hydrogens (tertiary/aromatic N) is 3. The fourth-order valence-electron chi connectivity index (χ4n) is 2.28. The van der Waals surface area contributed by atoms with Crippen molar-refractivity contribution in [3.63, 3.8) is 0 Å². The Morgan fingerprint density at radius 3 is 2.96 bits per heavy atom. The average Bonchev–Trinajstić information content (AvgIpc) is 3.06.